The van der Waals surface area contributed by atoms with Gasteiger partial charge in [0.15, 0.2) is 0 Å². The fourth-order valence-electron chi connectivity index (χ4n) is 2.47. The molecule has 1 heterocycles. The molecule has 0 aliphatic heterocycles. The second-order valence-electron chi connectivity index (χ2n) is 5.09. The number of aromatic nitrogens is 3. The Morgan fingerprint density at radius 2 is 1.83 bits per heavy atom. The maximum absolute atomic E-state index is 14.3. The summed E-state index contributed by atoms with van der Waals surface area (Å²) in [6.45, 7) is 3.71. The van der Waals surface area contributed by atoms with Gasteiger partial charge in [0.25, 0.3) is 0 Å². The standard InChI is InChI=1S/C17H12F3N3O/c1-11(13-4-2-3-5-15(13)19)17(24,23-10-21-9-22-23)14-7-6-12(18)8-16(14)20/h2-10,24H,1H2. The second-order valence-corrected chi connectivity index (χ2v) is 5.09. The third kappa shape index (κ3) is 2.48. The highest BCUT2D eigenvalue weighted by atomic mass is 19.1. The molecule has 0 fully saturated rings. The molecule has 0 aliphatic carbocycles. The molecule has 2 aromatic carbocycles. The highest BCUT2D eigenvalue weighted by Crippen LogP contribution is 2.38. The summed E-state index contributed by atoms with van der Waals surface area (Å²) in [6.07, 6.45) is 2.26. The van der Waals surface area contributed by atoms with E-state index in [9.17, 15) is 18.3 Å². The van der Waals surface area contributed by atoms with E-state index in [1.165, 1.54) is 18.2 Å². The Morgan fingerprint density at radius 3 is 2.46 bits per heavy atom. The second kappa shape index (κ2) is 5.93. The largest absolute Gasteiger partial charge is 0.362 e. The minimum atomic E-state index is -2.28. The molecule has 3 rings (SSSR count). The zero-order valence-electron chi connectivity index (χ0n) is 12.3. The lowest BCUT2D eigenvalue weighted by Gasteiger charge is -2.31. The third-order valence-electron chi connectivity index (χ3n) is 3.68. The topological polar surface area (TPSA) is 50.9 Å². The number of nitrogens with zero attached hydrogens (tertiary/aromatic N) is 3. The van der Waals surface area contributed by atoms with Crippen molar-refractivity contribution >= 4 is 5.57 Å². The van der Waals surface area contributed by atoms with Gasteiger partial charge in [0.05, 0.1) is 0 Å². The molecule has 0 bridgehead atoms. The van der Waals surface area contributed by atoms with E-state index in [1.807, 2.05) is 0 Å². The van der Waals surface area contributed by atoms with Gasteiger partial charge in [0.2, 0.25) is 5.72 Å². The van der Waals surface area contributed by atoms with Crippen molar-refractivity contribution in [1.82, 2.24) is 14.8 Å². The quantitative estimate of drug-likeness (QED) is 0.799. The molecule has 1 atom stereocenters. The Hall–Kier alpha value is -2.93. The van der Waals surface area contributed by atoms with Crippen LogP contribution >= 0.6 is 0 Å². The monoisotopic (exact) mass is 331 g/mol. The molecule has 0 radical (unpaired) electrons. The van der Waals surface area contributed by atoms with E-state index in [4.69, 9.17) is 0 Å². The first-order valence-electron chi connectivity index (χ1n) is 6.92. The molecule has 24 heavy (non-hydrogen) atoms. The van der Waals surface area contributed by atoms with Gasteiger partial charge in [-0.1, -0.05) is 24.8 Å². The first-order chi connectivity index (χ1) is 11.4. The number of benzene rings is 2. The Labute approximate surface area is 135 Å². The minimum absolute atomic E-state index is 0.0285. The van der Waals surface area contributed by atoms with Crippen LogP contribution in [0.3, 0.4) is 0 Å². The number of aliphatic hydroxyl groups is 1. The predicted octanol–water partition coefficient (Wildman–Crippen LogP) is 3.10. The predicted molar refractivity (Wildman–Crippen MR) is 81.1 cm³/mol. The molecule has 0 amide bonds. The molecular formula is C17H12F3N3O. The number of rotatable bonds is 4. The summed E-state index contributed by atoms with van der Waals surface area (Å²) in [6, 6.07) is 8.24. The Morgan fingerprint density at radius 1 is 1.08 bits per heavy atom. The van der Waals surface area contributed by atoms with Crippen LogP contribution < -0.4 is 0 Å². The Balaban J connectivity index is 2.24. The summed E-state index contributed by atoms with van der Waals surface area (Å²) < 4.78 is 42.6. The van der Waals surface area contributed by atoms with Gasteiger partial charge in [-0.3, -0.25) is 0 Å². The van der Waals surface area contributed by atoms with Gasteiger partial charge in [0, 0.05) is 22.8 Å². The number of halogens is 3. The van der Waals surface area contributed by atoms with E-state index in [-0.39, 0.29) is 16.7 Å². The molecule has 1 N–H and O–H groups in total. The zero-order chi connectivity index (χ0) is 17.3. The van der Waals surface area contributed by atoms with Crippen molar-refractivity contribution in [2.24, 2.45) is 0 Å². The molecule has 0 saturated carbocycles. The fraction of sp³-hybridized carbons (Fsp3) is 0.0588. The molecule has 1 unspecified atom stereocenters. The van der Waals surface area contributed by atoms with Crippen LogP contribution in [0.4, 0.5) is 13.2 Å². The van der Waals surface area contributed by atoms with E-state index in [0.29, 0.717) is 6.07 Å². The first kappa shape index (κ1) is 15.9. The maximum atomic E-state index is 14.3. The maximum Gasteiger partial charge on any atom is 0.215 e. The summed E-state index contributed by atoms with van der Waals surface area (Å²) in [7, 11) is 0. The van der Waals surface area contributed by atoms with Crippen LogP contribution in [-0.4, -0.2) is 19.9 Å². The lowest BCUT2D eigenvalue weighted by atomic mass is 9.89. The highest BCUT2D eigenvalue weighted by molar-refractivity contribution is 5.72. The van der Waals surface area contributed by atoms with Crippen molar-refractivity contribution in [3.8, 4) is 0 Å². The number of hydrogen-bond donors (Lipinski definition) is 1. The Kier molecular flexibility index (Phi) is 3.94. The van der Waals surface area contributed by atoms with Crippen molar-refractivity contribution in [1.29, 1.82) is 0 Å². The van der Waals surface area contributed by atoms with Crippen LogP contribution in [-0.2, 0) is 5.72 Å². The molecule has 1 aromatic heterocycles. The average molecular weight is 331 g/mol. The first-order valence-corrected chi connectivity index (χ1v) is 6.92. The van der Waals surface area contributed by atoms with Crippen molar-refractivity contribution in [3.63, 3.8) is 0 Å². The van der Waals surface area contributed by atoms with E-state index in [0.717, 1.165) is 29.5 Å². The smallest absolute Gasteiger partial charge is 0.215 e. The molecule has 122 valence electrons. The van der Waals surface area contributed by atoms with E-state index < -0.39 is 23.2 Å². The summed E-state index contributed by atoms with van der Waals surface area (Å²) >= 11 is 0. The van der Waals surface area contributed by atoms with Crippen LogP contribution in [0.25, 0.3) is 5.57 Å². The molecule has 0 aliphatic rings. The summed E-state index contributed by atoms with van der Waals surface area (Å²) in [5.41, 5.74) is -2.81. The summed E-state index contributed by atoms with van der Waals surface area (Å²) in [5, 5.41) is 15.0. The van der Waals surface area contributed by atoms with Crippen molar-refractivity contribution < 1.29 is 18.3 Å². The molecule has 3 aromatic rings. The Bertz CT molecular complexity index is 896. The van der Waals surface area contributed by atoms with Gasteiger partial charge >= 0.3 is 0 Å². The number of hydrogen-bond acceptors (Lipinski definition) is 3. The highest BCUT2D eigenvalue weighted by Gasteiger charge is 2.40. The van der Waals surface area contributed by atoms with Gasteiger partial charge in [-0.15, -0.1) is 0 Å². The summed E-state index contributed by atoms with van der Waals surface area (Å²) in [4.78, 5) is 3.72. The van der Waals surface area contributed by atoms with Crippen LogP contribution in [0.2, 0.25) is 0 Å². The lowest BCUT2D eigenvalue weighted by Crippen LogP contribution is -2.37. The average Bonchev–Trinajstić information content (AvgIpc) is 3.09. The SMILES string of the molecule is C=C(c1ccccc1F)C(O)(c1ccc(F)cc1F)n1cncn1. The zero-order valence-corrected chi connectivity index (χ0v) is 12.3. The van der Waals surface area contributed by atoms with E-state index in [2.05, 4.69) is 16.7 Å². The van der Waals surface area contributed by atoms with Gasteiger partial charge in [-0.2, -0.15) is 5.10 Å². The molecule has 7 heteroatoms. The van der Waals surface area contributed by atoms with Gasteiger partial charge in [-0.05, 0) is 18.2 Å². The summed E-state index contributed by atoms with van der Waals surface area (Å²) in [5.74, 6) is -2.48. The van der Waals surface area contributed by atoms with E-state index in [1.54, 1.807) is 6.07 Å². The third-order valence-corrected chi connectivity index (χ3v) is 3.68. The fourth-order valence-corrected chi connectivity index (χ4v) is 2.47. The van der Waals surface area contributed by atoms with Crippen LogP contribution in [0.5, 0.6) is 0 Å². The van der Waals surface area contributed by atoms with Gasteiger partial charge in [-0.25, -0.2) is 22.8 Å². The van der Waals surface area contributed by atoms with Crippen LogP contribution in [0.15, 0.2) is 61.7 Å². The molecule has 0 saturated heterocycles. The lowest BCUT2D eigenvalue weighted by molar-refractivity contribution is 0.0510. The molecule has 0 spiro atoms. The van der Waals surface area contributed by atoms with Crippen LogP contribution in [0.1, 0.15) is 11.1 Å². The van der Waals surface area contributed by atoms with Crippen molar-refractivity contribution in [2.75, 3.05) is 0 Å². The van der Waals surface area contributed by atoms with Gasteiger partial charge < -0.3 is 5.11 Å². The normalized spacial score (nSPS) is 13.5. The molecule has 4 nitrogen and oxygen atoms in total. The van der Waals surface area contributed by atoms with E-state index >= 15 is 0 Å². The van der Waals surface area contributed by atoms with Gasteiger partial charge in [0.1, 0.15) is 30.1 Å². The van der Waals surface area contributed by atoms with Crippen LogP contribution in [0, 0.1) is 17.5 Å². The van der Waals surface area contributed by atoms with Crippen molar-refractivity contribution in [3.05, 3.63) is 90.3 Å². The van der Waals surface area contributed by atoms with Crippen molar-refractivity contribution in [2.45, 2.75) is 5.72 Å². The minimum Gasteiger partial charge on any atom is -0.362 e. The molecular weight excluding hydrogens is 319 g/mol.